The summed E-state index contributed by atoms with van der Waals surface area (Å²) in [7, 11) is -2.11. The van der Waals surface area contributed by atoms with Gasteiger partial charge in [0.25, 0.3) is 0 Å². The van der Waals surface area contributed by atoms with Crippen molar-refractivity contribution in [1.82, 2.24) is 0 Å². The first-order valence-corrected chi connectivity index (χ1v) is 16.1. The molecule has 2 heteroatoms. The maximum atomic E-state index is 6.30. The van der Waals surface area contributed by atoms with E-state index in [-0.39, 0.29) is 10.8 Å². The SMILES string of the molecule is C=CCOc1ccccc1[Si](CC)(CC)C1c2cc(C(C)(C)C)ccc2-c2ccc(C(C)(C)C)cc21. The molecule has 0 atom stereocenters. The molecule has 0 radical (unpaired) electrons. The van der Waals surface area contributed by atoms with Gasteiger partial charge in [-0.25, -0.2) is 0 Å². The lowest BCUT2D eigenvalue weighted by Crippen LogP contribution is -2.52. The van der Waals surface area contributed by atoms with Gasteiger partial charge in [-0.3, -0.25) is 0 Å². The molecule has 0 amide bonds. The Morgan fingerprint density at radius 1 is 0.778 bits per heavy atom. The molecule has 0 saturated carbocycles. The van der Waals surface area contributed by atoms with Crippen molar-refractivity contribution in [2.45, 2.75) is 83.8 Å². The second kappa shape index (κ2) is 9.71. The minimum atomic E-state index is -2.11. The molecule has 0 saturated heterocycles. The lowest BCUT2D eigenvalue weighted by Gasteiger charge is -2.39. The molecular weight excluding hydrogens is 452 g/mol. The predicted octanol–water partition coefficient (Wildman–Crippen LogP) is 8.89. The fraction of sp³-hybridized carbons (Fsp3) is 0.412. The Morgan fingerprint density at radius 3 is 1.72 bits per heavy atom. The van der Waals surface area contributed by atoms with Gasteiger partial charge in [0.05, 0.1) is 0 Å². The molecule has 0 N–H and O–H groups in total. The normalized spacial score (nSPS) is 13.9. The molecule has 1 nitrogen and oxygen atoms in total. The van der Waals surface area contributed by atoms with Crippen LogP contribution in [0.2, 0.25) is 12.1 Å². The fourth-order valence-corrected chi connectivity index (χ4v) is 11.3. The first-order valence-electron chi connectivity index (χ1n) is 13.6. The Labute approximate surface area is 220 Å². The van der Waals surface area contributed by atoms with Crippen molar-refractivity contribution in [3.05, 3.63) is 95.6 Å². The van der Waals surface area contributed by atoms with Gasteiger partial charge < -0.3 is 4.74 Å². The Morgan fingerprint density at radius 2 is 1.28 bits per heavy atom. The second-order valence-corrected chi connectivity index (χ2v) is 17.3. The number of fused-ring (bicyclic) bond motifs is 3. The van der Waals surface area contributed by atoms with E-state index in [9.17, 15) is 0 Å². The summed E-state index contributed by atoms with van der Waals surface area (Å²) in [5.41, 5.74) is 9.35. The maximum Gasteiger partial charge on any atom is 0.119 e. The van der Waals surface area contributed by atoms with Gasteiger partial charge in [0, 0.05) is 5.54 Å². The van der Waals surface area contributed by atoms with E-state index in [1.807, 2.05) is 6.08 Å². The van der Waals surface area contributed by atoms with Crippen molar-refractivity contribution in [3.8, 4) is 16.9 Å². The Hall–Kier alpha value is -2.58. The third kappa shape index (κ3) is 4.49. The van der Waals surface area contributed by atoms with Crippen molar-refractivity contribution < 1.29 is 4.74 Å². The van der Waals surface area contributed by atoms with Crippen molar-refractivity contribution in [2.24, 2.45) is 0 Å². The molecule has 0 heterocycles. The summed E-state index contributed by atoms with van der Waals surface area (Å²) in [5, 5.41) is 1.45. The Bertz CT molecular complexity index is 1190. The van der Waals surface area contributed by atoms with Gasteiger partial charge >= 0.3 is 0 Å². The fourth-order valence-electron chi connectivity index (χ4n) is 6.14. The third-order valence-electron chi connectivity index (χ3n) is 8.34. The lowest BCUT2D eigenvalue weighted by atomic mass is 9.85. The number of rotatable bonds is 7. The Kier molecular flexibility index (Phi) is 7.14. The molecule has 0 aromatic heterocycles. The van der Waals surface area contributed by atoms with E-state index in [0.717, 1.165) is 5.75 Å². The van der Waals surface area contributed by atoms with E-state index in [1.165, 1.54) is 50.7 Å². The number of hydrogen-bond acceptors (Lipinski definition) is 1. The molecule has 0 fully saturated rings. The van der Waals surface area contributed by atoms with Crippen LogP contribution in [0.25, 0.3) is 11.1 Å². The molecule has 3 aromatic rings. The molecule has 0 bridgehead atoms. The van der Waals surface area contributed by atoms with Crippen LogP contribution < -0.4 is 9.92 Å². The molecular formula is C34H44OSi. The van der Waals surface area contributed by atoms with E-state index in [4.69, 9.17) is 4.74 Å². The van der Waals surface area contributed by atoms with Gasteiger partial charge in [0.15, 0.2) is 0 Å². The van der Waals surface area contributed by atoms with Crippen LogP contribution in [0.3, 0.4) is 0 Å². The summed E-state index contributed by atoms with van der Waals surface area (Å²) < 4.78 is 6.30. The van der Waals surface area contributed by atoms with Crippen LogP contribution in [0.1, 0.15) is 83.2 Å². The minimum absolute atomic E-state index is 0.110. The van der Waals surface area contributed by atoms with Crippen molar-refractivity contribution in [3.63, 3.8) is 0 Å². The average Bonchev–Trinajstić information content (AvgIpc) is 3.17. The molecule has 0 aliphatic heterocycles. The van der Waals surface area contributed by atoms with E-state index < -0.39 is 8.07 Å². The van der Waals surface area contributed by atoms with Crippen LogP contribution in [-0.2, 0) is 10.8 Å². The average molecular weight is 497 g/mol. The lowest BCUT2D eigenvalue weighted by molar-refractivity contribution is 0.366. The smallest absolute Gasteiger partial charge is 0.119 e. The molecule has 3 aromatic carbocycles. The highest BCUT2D eigenvalue weighted by Crippen LogP contribution is 2.53. The van der Waals surface area contributed by atoms with Gasteiger partial charge in [-0.1, -0.05) is 135 Å². The number of para-hydroxylation sites is 1. The second-order valence-electron chi connectivity index (χ2n) is 12.5. The number of benzene rings is 3. The first-order chi connectivity index (χ1) is 17.0. The molecule has 1 aliphatic rings. The monoisotopic (exact) mass is 496 g/mol. The van der Waals surface area contributed by atoms with Crippen LogP contribution in [0.4, 0.5) is 0 Å². The summed E-state index contributed by atoms with van der Waals surface area (Å²) in [5.74, 6) is 1.04. The van der Waals surface area contributed by atoms with Crippen LogP contribution in [0, 0.1) is 0 Å². The summed E-state index contributed by atoms with van der Waals surface area (Å²) >= 11 is 0. The summed E-state index contributed by atoms with van der Waals surface area (Å²) in [4.78, 5) is 0. The van der Waals surface area contributed by atoms with Gasteiger partial charge in [0.1, 0.15) is 20.4 Å². The highest BCUT2D eigenvalue weighted by Gasteiger charge is 2.48. The van der Waals surface area contributed by atoms with E-state index in [0.29, 0.717) is 12.1 Å². The van der Waals surface area contributed by atoms with Crippen LogP contribution >= 0.6 is 0 Å². The zero-order valence-corrected chi connectivity index (χ0v) is 24.7. The van der Waals surface area contributed by atoms with Crippen molar-refractivity contribution in [2.75, 3.05) is 6.61 Å². The zero-order valence-electron chi connectivity index (χ0n) is 23.7. The number of ether oxygens (including phenoxy) is 1. The van der Waals surface area contributed by atoms with E-state index in [1.54, 1.807) is 0 Å². The third-order valence-corrected chi connectivity index (χ3v) is 14.1. The maximum absolute atomic E-state index is 6.30. The summed E-state index contributed by atoms with van der Waals surface area (Å²) in [6.07, 6.45) is 1.85. The standard InChI is InChI=1S/C34H44OSi/c1-10-21-35-30-15-13-14-16-31(30)36(11-2,12-3)32-28-22-24(33(4,5)6)17-19-26(28)27-20-18-25(23-29(27)32)34(7,8)9/h10,13-20,22-23,32H,1,11-12,21H2,2-9H3. The topological polar surface area (TPSA) is 9.23 Å². The van der Waals surface area contributed by atoms with E-state index in [2.05, 4.69) is 123 Å². The quantitative estimate of drug-likeness (QED) is 0.234. The summed E-state index contributed by atoms with van der Waals surface area (Å²) in [6, 6.07) is 25.8. The highest BCUT2D eigenvalue weighted by molar-refractivity contribution is 6.94. The van der Waals surface area contributed by atoms with Gasteiger partial charge in [-0.05, 0) is 55.5 Å². The van der Waals surface area contributed by atoms with Crippen molar-refractivity contribution in [1.29, 1.82) is 0 Å². The molecule has 36 heavy (non-hydrogen) atoms. The minimum Gasteiger partial charge on any atom is -0.490 e. The Balaban J connectivity index is 2.05. The van der Waals surface area contributed by atoms with E-state index >= 15 is 0 Å². The van der Waals surface area contributed by atoms with Gasteiger partial charge in [-0.15, -0.1) is 0 Å². The van der Waals surface area contributed by atoms with Crippen LogP contribution in [0.5, 0.6) is 5.75 Å². The largest absolute Gasteiger partial charge is 0.490 e. The molecule has 0 spiro atoms. The zero-order chi connectivity index (χ0) is 26.3. The first kappa shape index (κ1) is 26.5. The van der Waals surface area contributed by atoms with Crippen LogP contribution in [-0.4, -0.2) is 14.7 Å². The number of hydrogen-bond donors (Lipinski definition) is 0. The van der Waals surface area contributed by atoms with Gasteiger partial charge in [0.2, 0.25) is 0 Å². The molecule has 4 rings (SSSR count). The summed E-state index contributed by atoms with van der Waals surface area (Å²) in [6.45, 7) is 23.2. The van der Waals surface area contributed by atoms with Gasteiger partial charge in [-0.2, -0.15) is 0 Å². The van der Waals surface area contributed by atoms with Crippen LogP contribution in [0.15, 0.2) is 73.3 Å². The molecule has 0 unspecified atom stereocenters. The van der Waals surface area contributed by atoms with Crippen molar-refractivity contribution >= 4 is 13.3 Å². The highest BCUT2D eigenvalue weighted by atomic mass is 28.3. The molecule has 190 valence electrons. The molecule has 1 aliphatic carbocycles. The predicted molar refractivity (Wildman–Crippen MR) is 160 cm³/mol.